The van der Waals surface area contributed by atoms with E-state index in [1.165, 1.54) is 4.90 Å². The van der Waals surface area contributed by atoms with Crippen LogP contribution in [0.1, 0.15) is 48.0 Å². The van der Waals surface area contributed by atoms with Crippen molar-refractivity contribution in [2.24, 2.45) is 23.7 Å². The third-order valence-corrected chi connectivity index (χ3v) is 7.86. The lowest BCUT2D eigenvalue weighted by atomic mass is 9.85. The van der Waals surface area contributed by atoms with Gasteiger partial charge in [0, 0.05) is 29.8 Å². The number of ketones is 1. The summed E-state index contributed by atoms with van der Waals surface area (Å²) in [7, 11) is 0. The molecule has 172 valence electrons. The number of likely N-dealkylation sites (tertiary alicyclic amines) is 1. The van der Waals surface area contributed by atoms with E-state index in [9.17, 15) is 19.2 Å². The highest BCUT2D eigenvalue weighted by Crippen LogP contribution is 2.52. The van der Waals surface area contributed by atoms with Crippen LogP contribution in [0, 0.1) is 23.7 Å². The predicted molar refractivity (Wildman–Crippen MR) is 127 cm³/mol. The van der Waals surface area contributed by atoms with E-state index in [1.807, 2.05) is 36.4 Å². The molecule has 3 amide bonds. The molecule has 0 radical (unpaired) electrons. The fourth-order valence-corrected chi connectivity index (χ4v) is 6.25. The number of nitrogens with zero attached hydrogens (tertiary/aromatic N) is 1. The number of rotatable bonds is 7. The molecule has 1 saturated carbocycles. The van der Waals surface area contributed by atoms with Gasteiger partial charge in [0.05, 0.1) is 11.8 Å². The first-order valence-electron chi connectivity index (χ1n) is 12.1. The molecule has 2 fully saturated rings. The molecular weight excluding hydrogens is 428 g/mol. The topological polar surface area (TPSA) is 83.6 Å². The smallest absolute Gasteiger partial charge is 0.233 e. The number of hydrogen-bond donors (Lipinski definition) is 1. The molecule has 1 N–H and O–H groups in total. The average Bonchev–Trinajstić information content (AvgIpc) is 3.58. The van der Waals surface area contributed by atoms with Crippen LogP contribution < -0.4 is 5.32 Å². The molecule has 6 nitrogen and oxygen atoms in total. The summed E-state index contributed by atoms with van der Waals surface area (Å²) < 4.78 is 0. The Kier molecular flexibility index (Phi) is 4.97. The van der Waals surface area contributed by atoms with Crippen molar-refractivity contribution in [1.82, 2.24) is 4.90 Å². The Balaban J connectivity index is 0.976. The summed E-state index contributed by atoms with van der Waals surface area (Å²) in [5, 5.41) is 2.89. The average molecular weight is 455 g/mol. The Morgan fingerprint density at radius 3 is 2.24 bits per heavy atom. The third kappa shape index (κ3) is 3.23. The van der Waals surface area contributed by atoms with Crippen LogP contribution in [0.4, 0.5) is 5.69 Å². The number of amides is 3. The number of imide groups is 1. The molecule has 1 aliphatic heterocycles. The predicted octanol–water partition coefficient (Wildman–Crippen LogP) is 4.20. The Morgan fingerprint density at radius 2 is 1.50 bits per heavy atom. The zero-order valence-electron chi connectivity index (χ0n) is 18.8. The molecule has 4 atom stereocenters. The van der Waals surface area contributed by atoms with Crippen molar-refractivity contribution in [2.45, 2.75) is 32.1 Å². The highest BCUT2D eigenvalue weighted by atomic mass is 16.2. The lowest BCUT2D eigenvalue weighted by Gasteiger charge is -2.17. The normalized spacial score (nSPS) is 25.6. The van der Waals surface area contributed by atoms with Crippen molar-refractivity contribution in [3.05, 3.63) is 65.7 Å². The van der Waals surface area contributed by atoms with E-state index in [1.54, 1.807) is 6.07 Å². The highest BCUT2D eigenvalue weighted by Gasteiger charge is 2.58. The molecule has 0 unspecified atom stereocenters. The van der Waals surface area contributed by atoms with Crippen LogP contribution in [-0.4, -0.2) is 34.9 Å². The van der Waals surface area contributed by atoms with Gasteiger partial charge in [0.15, 0.2) is 5.78 Å². The van der Waals surface area contributed by atoms with Crippen LogP contribution in [-0.2, 0) is 14.4 Å². The highest BCUT2D eigenvalue weighted by molar-refractivity contribution is 6.22. The van der Waals surface area contributed by atoms with Crippen molar-refractivity contribution < 1.29 is 19.2 Å². The summed E-state index contributed by atoms with van der Waals surface area (Å²) in [6.07, 6.45) is 7.66. The maximum atomic E-state index is 12.7. The van der Waals surface area contributed by atoms with Crippen LogP contribution in [0.15, 0.2) is 54.6 Å². The maximum absolute atomic E-state index is 12.7. The largest absolute Gasteiger partial charge is 0.326 e. The quantitative estimate of drug-likeness (QED) is 0.329. The monoisotopic (exact) mass is 454 g/mol. The maximum Gasteiger partial charge on any atom is 0.233 e. The van der Waals surface area contributed by atoms with Gasteiger partial charge in [-0.15, -0.1) is 0 Å². The zero-order chi connectivity index (χ0) is 23.4. The van der Waals surface area contributed by atoms with Crippen molar-refractivity contribution in [3.8, 4) is 11.1 Å². The van der Waals surface area contributed by atoms with Gasteiger partial charge < -0.3 is 5.32 Å². The Bertz CT molecular complexity index is 1230. The first-order chi connectivity index (χ1) is 16.5. The van der Waals surface area contributed by atoms with E-state index in [0.29, 0.717) is 42.6 Å². The van der Waals surface area contributed by atoms with Gasteiger partial charge in [-0.3, -0.25) is 24.1 Å². The van der Waals surface area contributed by atoms with Gasteiger partial charge in [0.2, 0.25) is 17.7 Å². The van der Waals surface area contributed by atoms with E-state index < -0.39 is 0 Å². The van der Waals surface area contributed by atoms with Crippen LogP contribution in [0.3, 0.4) is 0 Å². The second-order valence-corrected chi connectivity index (χ2v) is 9.82. The summed E-state index contributed by atoms with van der Waals surface area (Å²) >= 11 is 0. The SMILES string of the molecule is O=C(CCCCCN1C(=O)[C@@H]2[C@@H](C1=O)[C@H]1C=C[C@H]2C1)Nc1ccc2c(c1)C(=O)c1ccccc1-2. The van der Waals surface area contributed by atoms with Crippen molar-refractivity contribution >= 4 is 29.2 Å². The number of unbranched alkanes of at least 4 members (excludes halogenated alkanes) is 2. The molecule has 1 saturated heterocycles. The minimum absolute atomic E-state index is 0.00194. The molecule has 34 heavy (non-hydrogen) atoms. The van der Waals surface area contributed by atoms with E-state index in [4.69, 9.17) is 0 Å². The second-order valence-electron chi connectivity index (χ2n) is 9.82. The van der Waals surface area contributed by atoms with E-state index >= 15 is 0 Å². The summed E-state index contributed by atoms with van der Waals surface area (Å²) in [6, 6.07) is 13.0. The zero-order valence-corrected chi connectivity index (χ0v) is 18.8. The molecule has 4 aliphatic rings. The number of anilines is 1. The first-order valence-corrected chi connectivity index (χ1v) is 12.1. The van der Waals surface area contributed by atoms with Gasteiger partial charge in [-0.2, -0.15) is 0 Å². The molecule has 2 bridgehead atoms. The van der Waals surface area contributed by atoms with Gasteiger partial charge in [-0.1, -0.05) is 48.9 Å². The molecule has 6 heteroatoms. The Morgan fingerprint density at radius 1 is 0.824 bits per heavy atom. The molecular formula is C28H26N2O4. The first kappa shape index (κ1) is 21.0. The van der Waals surface area contributed by atoms with Gasteiger partial charge >= 0.3 is 0 Å². The lowest BCUT2D eigenvalue weighted by molar-refractivity contribution is -0.140. The van der Waals surface area contributed by atoms with Gasteiger partial charge in [-0.05, 0) is 54.4 Å². The molecule has 6 rings (SSSR count). The van der Waals surface area contributed by atoms with Crippen LogP contribution in [0.5, 0.6) is 0 Å². The van der Waals surface area contributed by atoms with E-state index in [0.717, 1.165) is 24.0 Å². The number of allylic oxidation sites excluding steroid dienone is 2. The summed E-state index contributed by atoms with van der Waals surface area (Å²) in [5.41, 5.74) is 3.77. The molecule has 2 aromatic rings. The lowest BCUT2D eigenvalue weighted by Crippen LogP contribution is -2.33. The number of carbonyl (C=O) groups excluding carboxylic acids is 4. The third-order valence-electron chi connectivity index (χ3n) is 7.86. The molecule has 1 heterocycles. The number of hydrogen-bond acceptors (Lipinski definition) is 4. The fourth-order valence-electron chi connectivity index (χ4n) is 6.25. The molecule has 0 spiro atoms. The van der Waals surface area contributed by atoms with Gasteiger partial charge in [0.1, 0.15) is 0 Å². The van der Waals surface area contributed by atoms with Crippen LogP contribution >= 0.6 is 0 Å². The number of nitrogens with one attached hydrogen (secondary N) is 1. The number of fused-ring (bicyclic) bond motifs is 8. The Labute approximate surface area is 198 Å². The minimum atomic E-state index is -0.139. The molecule has 0 aromatic heterocycles. The van der Waals surface area contributed by atoms with Gasteiger partial charge in [0.25, 0.3) is 0 Å². The van der Waals surface area contributed by atoms with Gasteiger partial charge in [-0.25, -0.2) is 0 Å². The molecule has 2 aromatic carbocycles. The minimum Gasteiger partial charge on any atom is -0.326 e. The molecule has 3 aliphatic carbocycles. The standard InChI is InChI=1S/C28H26N2O4/c31-23(29-18-11-12-20-19-6-3-4-7-21(19)26(32)22(20)15-18)8-2-1-5-13-30-27(33)24-16-9-10-17(14-16)25(24)28(30)34/h3-4,6-7,9-12,15-17,24-25H,1-2,5,8,13-14H2,(H,29,31)/t16-,17-,24-,25-/m0/s1. The number of carbonyl (C=O) groups is 4. The second kappa shape index (κ2) is 8.05. The fraction of sp³-hybridized carbons (Fsp3) is 0.357. The van der Waals surface area contributed by atoms with E-state index in [-0.39, 0.29) is 47.2 Å². The van der Waals surface area contributed by atoms with Crippen molar-refractivity contribution in [1.29, 1.82) is 0 Å². The number of benzene rings is 2. The van der Waals surface area contributed by atoms with Crippen molar-refractivity contribution in [2.75, 3.05) is 11.9 Å². The Hall–Kier alpha value is -3.54. The van der Waals surface area contributed by atoms with E-state index in [2.05, 4.69) is 17.5 Å². The van der Waals surface area contributed by atoms with Crippen LogP contribution in [0.2, 0.25) is 0 Å². The summed E-state index contributed by atoms with van der Waals surface area (Å²) in [6.45, 7) is 0.444. The van der Waals surface area contributed by atoms with Crippen LogP contribution in [0.25, 0.3) is 11.1 Å². The summed E-state index contributed by atoms with van der Waals surface area (Å²) in [4.78, 5) is 52.0. The van der Waals surface area contributed by atoms with Crippen molar-refractivity contribution in [3.63, 3.8) is 0 Å². The summed E-state index contributed by atoms with van der Waals surface area (Å²) in [5.74, 6) is 0.0815.